The quantitative estimate of drug-likeness (QED) is 0.285. The van der Waals surface area contributed by atoms with Gasteiger partial charge in [0.25, 0.3) is 0 Å². The molecule has 198 valence electrons. The first kappa shape index (κ1) is 26.8. The topological polar surface area (TPSA) is 54.5 Å². The van der Waals surface area contributed by atoms with Crippen LogP contribution in [0.25, 0.3) is 0 Å². The molecule has 2 aromatic carbocycles. The van der Waals surface area contributed by atoms with Gasteiger partial charge in [0, 0.05) is 22.0 Å². The van der Waals surface area contributed by atoms with Gasteiger partial charge in [0.15, 0.2) is 9.84 Å². The number of likely N-dealkylation sites (tertiary alicyclic amines) is 1. The lowest BCUT2D eigenvalue weighted by atomic mass is 9.67. The van der Waals surface area contributed by atoms with Crippen LogP contribution in [0.5, 0.6) is 0 Å². The molecule has 7 heteroatoms. The van der Waals surface area contributed by atoms with E-state index in [1.165, 1.54) is 0 Å². The highest BCUT2D eigenvalue weighted by molar-refractivity contribution is 7.92. The molecular weight excluding hydrogens is 525 g/mol. The summed E-state index contributed by atoms with van der Waals surface area (Å²) < 4.78 is 25.8. The van der Waals surface area contributed by atoms with Crippen molar-refractivity contribution >= 4 is 38.9 Å². The van der Waals surface area contributed by atoms with E-state index in [0.29, 0.717) is 35.2 Å². The van der Waals surface area contributed by atoms with Gasteiger partial charge >= 0.3 is 0 Å². The Morgan fingerprint density at radius 2 is 1.76 bits per heavy atom. The van der Waals surface area contributed by atoms with E-state index < -0.39 is 15.3 Å². The molecule has 3 aliphatic rings. The Kier molecular flexibility index (Phi) is 7.52. The maximum absolute atomic E-state index is 14.5. The summed E-state index contributed by atoms with van der Waals surface area (Å²) in [5.74, 6) is 0.532. The van der Waals surface area contributed by atoms with Gasteiger partial charge in [-0.2, -0.15) is 0 Å². The Labute approximate surface area is 231 Å². The molecule has 4 nitrogen and oxygen atoms in total. The van der Waals surface area contributed by atoms with E-state index in [9.17, 15) is 13.2 Å². The molecule has 37 heavy (non-hydrogen) atoms. The molecular formula is C30H35Cl2NO3S. The van der Waals surface area contributed by atoms with Crippen molar-refractivity contribution in [3.63, 3.8) is 0 Å². The first-order valence-electron chi connectivity index (χ1n) is 13.3. The van der Waals surface area contributed by atoms with E-state index in [1.807, 2.05) is 55.5 Å². The monoisotopic (exact) mass is 559 g/mol. The number of hydrogen-bond acceptors (Lipinski definition) is 3. The Balaban J connectivity index is 1.62. The van der Waals surface area contributed by atoms with Gasteiger partial charge in [-0.05, 0) is 86.3 Å². The third-order valence-electron chi connectivity index (χ3n) is 8.44. The van der Waals surface area contributed by atoms with Crippen molar-refractivity contribution in [2.75, 3.05) is 5.75 Å². The van der Waals surface area contributed by atoms with Crippen LogP contribution in [0.3, 0.4) is 0 Å². The largest absolute Gasteiger partial charge is 0.331 e. The van der Waals surface area contributed by atoms with E-state index in [-0.39, 0.29) is 34.9 Å². The van der Waals surface area contributed by atoms with E-state index in [0.717, 1.165) is 36.8 Å². The van der Waals surface area contributed by atoms with Gasteiger partial charge in [-0.3, -0.25) is 4.79 Å². The Morgan fingerprint density at radius 3 is 2.35 bits per heavy atom. The Bertz CT molecular complexity index is 1270. The minimum Gasteiger partial charge on any atom is -0.331 e. The second-order valence-electron chi connectivity index (χ2n) is 11.4. The highest BCUT2D eigenvalue weighted by Gasteiger charge is 2.53. The van der Waals surface area contributed by atoms with Crippen molar-refractivity contribution in [3.05, 3.63) is 82.4 Å². The van der Waals surface area contributed by atoms with E-state index in [2.05, 4.69) is 17.5 Å². The number of carbonyl (C=O) groups excluding carboxylic acids is 1. The number of hydrogen-bond donors (Lipinski definition) is 0. The minimum absolute atomic E-state index is 0.0104. The summed E-state index contributed by atoms with van der Waals surface area (Å²) in [6.07, 6.45) is 7.09. The first-order chi connectivity index (χ1) is 17.6. The molecule has 1 saturated heterocycles. The van der Waals surface area contributed by atoms with Crippen molar-refractivity contribution < 1.29 is 13.2 Å². The molecule has 0 N–H and O–H groups in total. The number of amides is 1. The number of carbonyl (C=O) groups is 1. The predicted octanol–water partition coefficient (Wildman–Crippen LogP) is 7.38. The van der Waals surface area contributed by atoms with Crippen LogP contribution in [0, 0.1) is 11.3 Å². The van der Waals surface area contributed by atoms with E-state index >= 15 is 0 Å². The zero-order valence-electron chi connectivity index (χ0n) is 21.3. The van der Waals surface area contributed by atoms with Gasteiger partial charge in [-0.15, -0.1) is 6.58 Å². The van der Waals surface area contributed by atoms with Gasteiger partial charge in [0.2, 0.25) is 5.91 Å². The van der Waals surface area contributed by atoms with Crippen molar-refractivity contribution in [1.29, 1.82) is 0 Å². The van der Waals surface area contributed by atoms with E-state index in [1.54, 1.807) is 0 Å². The summed E-state index contributed by atoms with van der Waals surface area (Å²) in [6.45, 7) is 5.99. The zero-order chi connectivity index (χ0) is 26.4. The van der Waals surface area contributed by atoms with Gasteiger partial charge in [0.1, 0.15) is 0 Å². The molecule has 5 rings (SSSR count). The molecule has 1 aliphatic heterocycles. The van der Waals surface area contributed by atoms with Gasteiger partial charge in [-0.1, -0.05) is 60.5 Å². The lowest BCUT2D eigenvalue weighted by Crippen LogP contribution is -2.56. The normalized spacial score (nSPS) is 27.2. The fourth-order valence-corrected chi connectivity index (χ4v) is 8.30. The van der Waals surface area contributed by atoms with Crippen molar-refractivity contribution in [3.8, 4) is 0 Å². The molecule has 1 amide bonds. The van der Waals surface area contributed by atoms with Crippen LogP contribution in [0.15, 0.2) is 61.2 Å². The molecule has 2 aliphatic carbocycles. The smallest absolute Gasteiger partial charge is 0.229 e. The van der Waals surface area contributed by atoms with Crippen molar-refractivity contribution in [2.45, 2.75) is 75.1 Å². The summed E-state index contributed by atoms with van der Waals surface area (Å²) in [4.78, 5) is 16.5. The summed E-state index contributed by atoms with van der Waals surface area (Å²) in [5.41, 5.74) is 1.46. The van der Waals surface area contributed by atoms with Crippen molar-refractivity contribution in [2.24, 2.45) is 11.3 Å². The average molecular weight is 561 g/mol. The third kappa shape index (κ3) is 5.65. The molecule has 1 unspecified atom stereocenters. The third-order valence-corrected chi connectivity index (χ3v) is 11.2. The molecule has 0 aromatic heterocycles. The molecule has 1 heterocycles. The summed E-state index contributed by atoms with van der Waals surface area (Å²) in [6, 6.07) is 15.3. The van der Waals surface area contributed by atoms with Crippen LogP contribution in [0.4, 0.5) is 0 Å². The van der Waals surface area contributed by atoms with E-state index in [4.69, 9.17) is 23.2 Å². The second-order valence-corrected chi connectivity index (χ2v) is 14.7. The summed E-state index contributed by atoms with van der Waals surface area (Å²) >= 11 is 12.7. The maximum atomic E-state index is 14.5. The van der Waals surface area contributed by atoms with Crippen molar-refractivity contribution in [1.82, 2.24) is 4.90 Å². The summed E-state index contributed by atoms with van der Waals surface area (Å²) in [7, 11) is -3.13. The average Bonchev–Trinajstić information content (AvgIpc) is 3.75. The van der Waals surface area contributed by atoms with Gasteiger partial charge < -0.3 is 4.90 Å². The fraction of sp³-hybridized carbons (Fsp3) is 0.500. The molecule has 2 saturated carbocycles. The van der Waals surface area contributed by atoms with Crippen LogP contribution in [0.2, 0.25) is 10.0 Å². The molecule has 3 fully saturated rings. The number of rotatable bonds is 10. The minimum atomic E-state index is -3.13. The number of allylic oxidation sites excluding steroid dienone is 1. The molecule has 2 aromatic rings. The number of nitrogens with zero attached hydrogens (tertiary/aromatic N) is 1. The highest BCUT2D eigenvalue weighted by atomic mass is 35.5. The fourth-order valence-electron chi connectivity index (χ4n) is 6.21. The molecule has 0 radical (unpaired) electrons. The lowest BCUT2D eigenvalue weighted by molar-refractivity contribution is -0.155. The predicted molar refractivity (Wildman–Crippen MR) is 151 cm³/mol. The van der Waals surface area contributed by atoms with Gasteiger partial charge in [0.05, 0.1) is 22.5 Å². The van der Waals surface area contributed by atoms with Crippen LogP contribution in [-0.4, -0.2) is 36.3 Å². The van der Waals surface area contributed by atoms with Crippen LogP contribution in [-0.2, 0) is 14.6 Å². The van der Waals surface area contributed by atoms with Crippen LogP contribution >= 0.6 is 23.2 Å². The molecule has 4 atom stereocenters. The standard InChI is InChI=1S/C30H35Cl2NO3S/c1-3-16-30(2)19-26(22-5-4-6-24(32)18-22)28(21-9-11-23(31)12-10-21)33(29(30)34)27(20-7-8-20)15-17-37(35,36)25-13-14-25/h3-6,9-12,18,20,25-28H,1,7-8,13-17,19H2,2H3/t26?,27-,28+,30-/m0/s1. The SMILES string of the molecule is C=CC[C@@]1(C)CC(c2cccc(Cl)c2)[C@@H](c2ccc(Cl)cc2)N([C@@H](CCS(=O)(=O)C2CC2)C2CC2)C1=O. The van der Waals surface area contributed by atoms with Crippen LogP contribution < -0.4 is 0 Å². The lowest BCUT2D eigenvalue weighted by Gasteiger charge is -2.52. The highest BCUT2D eigenvalue weighted by Crippen LogP contribution is 2.54. The number of halogens is 2. The Hall–Kier alpha value is -1.82. The number of sulfone groups is 1. The summed E-state index contributed by atoms with van der Waals surface area (Å²) in [5, 5.41) is 1.11. The maximum Gasteiger partial charge on any atom is 0.229 e. The van der Waals surface area contributed by atoms with Crippen LogP contribution in [0.1, 0.15) is 75.0 Å². The number of piperidine rings is 1. The number of benzene rings is 2. The molecule has 0 spiro atoms. The zero-order valence-corrected chi connectivity index (χ0v) is 23.6. The first-order valence-corrected chi connectivity index (χ1v) is 15.8. The molecule has 0 bridgehead atoms. The second kappa shape index (κ2) is 10.4. The van der Waals surface area contributed by atoms with Gasteiger partial charge in [-0.25, -0.2) is 8.42 Å². The Morgan fingerprint density at radius 1 is 1.05 bits per heavy atom.